The molecule has 0 spiro atoms. The number of aryl methyl sites for hydroxylation is 1. The average Bonchev–Trinajstić information content (AvgIpc) is 2.44. The van der Waals surface area contributed by atoms with Gasteiger partial charge < -0.3 is 10.5 Å². The maximum absolute atomic E-state index is 12.2. The second-order valence-corrected chi connectivity index (χ2v) is 6.69. The van der Waals surface area contributed by atoms with Crippen molar-refractivity contribution < 1.29 is 27.5 Å². The van der Waals surface area contributed by atoms with Gasteiger partial charge in [-0.05, 0) is 19.1 Å². The Morgan fingerprint density at radius 1 is 1.22 bits per heavy atom. The summed E-state index contributed by atoms with van der Waals surface area (Å²) >= 11 is 0. The van der Waals surface area contributed by atoms with Crippen molar-refractivity contribution in [2.75, 3.05) is 20.2 Å². The van der Waals surface area contributed by atoms with Crippen LogP contribution in [0.15, 0.2) is 29.2 Å². The van der Waals surface area contributed by atoms with Gasteiger partial charge in [-0.1, -0.05) is 17.7 Å². The fourth-order valence-electron chi connectivity index (χ4n) is 1.52. The van der Waals surface area contributed by atoms with E-state index in [0.29, 0.717) is 0 Å². The summed E-state index contributed by atoms with van der Waals surface area (Å²) < 4.78 is 29.8. The molecule has 9 nitrogen and oxygen atoms in total. The number of sulfonamides is 1. The van der Waals surface area contributed by atoms with Crippen LogP contribution in [0.3, 0.4) is 0 Å². The Morgan fingerprint density at radius 2 is 1.78 bits per heavy atom. The van der Waals surface area contributed by atoms with Crippen LogP contribution in [0.2, 0.25) is 0 Å². The first-order chi connectivity index (χ1) is 10.6. The molecule has 0 saturated heterocycles. The molecule has 3 N–H and O–H groups in total. The maximum Gasteiger partial charge on any atom is 0.321 e. The standard InChI is InChI=1S/C13H17N3O6S/c1-9-3-5-10(6-4-9)23(20,21)16(2)7-12(18)22-8-11(17)15-13(14)19/h3-6H,7-8H2,1-2H3,(H3,14,15,17,19). The molecule has 0 saturated carbocycles. The Labute approximate surface area is 133 Å². The number of carbonyl (C=O) groups excluding carboxylic acids is 3. The molecule has 23 heavy (non-hydrogen) atoms. The van der Waals surface area contributed by atoms with Gasteiger partial charge in [0.2, 0.25) is 10.0 Å². The molecule has 0 bridgehead atoms. The van der Waals surface area contributed by atoms with E-state index in [9.17, 15) is 22.8 Å². The van der Waals surface area contributed by atoms with Crippen LogP contribution in [0.25, 0.3) is 0 Å². The number of ether oxygens (including phenoxy) is 1. The summed E-state index contributed by atoms with van der Waals surface area (Å²) in [5.74, 6) is -1.85. The SMILES string of the molecule is Cc1ccc(S(=O)(=O)N(C)CC(=O)OCC(=O)NC(N)=O)cc1. The summed E-state index contributed by atoms with van der Waals surface area (Å²) in [6, 6.07) is 5.03. The fraction of sp³-hybridized carbons (Fsp3) is 0.308. The van der Waals surface area contributed by atoms with Crippen molar-refractivity contribution in [2.45, 2.75) is 11.8 Å². The number of hydrogen-bond donors (Lipinski definition) is 2. The van der Waals surface area contributed by atoms with E-state index in [0.717, 1.165) is 9.87 Å². The van der Waals surface area contributed by atoms with Crippen LogP contribution in [-0.4, -0.2) is 50.8 Å². The van der Waals surface area contributed by atoms with Crippen molar-refractivity contribution in [3.05, 3.63) is 29.8 Å². The van der Waals surface area contributed by atoms with Gasteiger partial charge in [-0.15, -0.1) is 0 Å². The second-order valence-electron chi connectivity index (χ2n) is 4.65. The summed E-state index contributed by atoms with van der Waals surface area (Å²) in [5.41, 5.74) is 5.61. The Kier molecular flexibility index (Phi) is 6.22. The van der Waals surface area contributed by atoms with E-state index >= 15 is 0 Å². The number of nitrogens with one attached hydrogen (secondary N) is 1. The number of nitrogens with zero attached hydrogens (tertiary/aromatic N) is 1. The normalized spacial score (nSPS) is 11.1. The molecule has 0 radical (unpaired) electrons. The number of rotatable bonds is 6. The molecular formula is C13H17N3O6S. The molecule has 1 rings (SSSR count). The number of amides is 3. The zero-order chi connectivity index (χ0) is 17.6. The zero-order valence-corrected chi connectivity index (χ0v) is 13.4. The van der Waals surface area contributed by atoms with E-state index in [1.54, 1.807) is 17.4 Å². The number of nitrogens with two attached hydrogens (primary N) is 1. The lowest BCUT2D eigenvalue weighted by atomic mass is 10.2. The third-order valence-electron chi connectivity index (χ3n) is 2.71. The molecule has 0 aromatic heterocycles. The fourth-order valence-corrected chi connectivity index (χ4v) is 2.64. The molecule has 0 unspecified atom stereocenters. The first-order valence-electron chi connectivity index (χ1n) is 6.41. The monoisotopic (exact) mass is 343 g/mol. The van der Waals surface area contributed by atoms with Crippen molar-refractivity contribution in [3.8, 4) is 0 Å². The Morgan fingerprint density at radius 3 is 2.30 bits per heavy atom. The van der Waals surface area contributed by atoms with Crippen LogP contribution < -0.4 is 11.1 Å². The van der Waals surface area contributed by atoms with Gasteiger partial charge >= 0.3 is 12.0 Å². The first-order valence-corrected chi connectivity index (χ1v) is 7.85. The predicted molar refractivity (Wildman–Crippen MR) is 79.7 cm³/mol. The van der Waals surface area contributed by atoms with Crippen LogP contribution in [-0.2, 0) is 24.3 Å². The highest BCUT2D eigenvalue weighted by Crippen LogP contribution is 2.14. The molecule has 0 aliphatic heterocycles. The molecule has 126 valence electrons. The number of esters is 1. The molecule has 3 amide bonds. The highest BCUT2D eigenvalue weighted by molar-refractivity contribution is 7.89. The topological polar surface area (TPSA) is 136 Å². The van der Waals surface area contributed by atoms with Crippen molar-refractivity contribution in [1.29, 1.82) is 0 Å². The van der Waals surface area contributed by atoms with Gasteiger partial charge in [0.05, 0.1) is 4.90 Å². The zero-order valence-electron chi connectivity index (χ0n) is 12.6. The largest absolute Gasteiger partial charge is 0.455 e. The maximum atomic E-state index is 12.2. The molecule has 0 aliphatic rings. The van der Waals surface area contributed by atoms with E-state index in [4.69, 9.17) is 5.73 Å². The number of imide groups is 1. The van der Waals surface area contributed by atoms with Crippen molar-refractivity contribution in [2.24, 2.45) is 5.73 Å². The molecule has 0 heterocycles. The van der Waals surface area contributed by atoms with Gasteiger partial charge in [-0.2, -0.15) is 4.31 Å². The summed E-state index contributed by atoms with van der Waals surface area (Å²) in [4.78, 5) is 33.1. The molecule has 1 aromatic rings. The molecule has 0 fully saturated rings. The lowest BCUT2D eigenvalue weighted by Gasteiger charge is -2.16. The number of benzene rings is 1. The van der Waals surface area contributed by atoms with Crippen LogP contribution in [0.1, 0.15) is 5.56 Å². The molecular weight excluding hydrogens is 326 g/mol. The number of carbonyl (C=O) groups is 3. The summed E-state index contributed by atoms with van der Waals surface area (Å²) in [6.07, 6.45) is 0. The molecule has 0 aliphatic carbocycles. The smallest absolute Gasteiger partial charge is 0.321 e. The summed E-state index contributed by atoms with van der Waals surface area (Å²) in [7, 11) is -2.64. The van der Waals surface area contributed by atoms with E-state index in [1.807, 2.05) is 6.92 Å². The number of hydrogen-bond acceptors (Lipinski definition) is 6. The van der Waals surface area contributed by atoms with Crippen LogP contribution in [0, 0.1) is 6.92 Å². The highest BCUT2D eigenvalue weighted by atomic mass is 32.2. The third kappa shape index (κ3) is 5.68. The predicted octanol–water partition coefficient (Wildman–Crippen LogP) is -0.646. The number of primary amides is 1. The van der Waals surface area contributed by atoms with Gasteiger partial charge in [-0.25, -0.2) is 13.2 Å². The molecule has 10 heteroatoms. The Bertz CT molecular complexity index is 699. The van der Waals surface area contributed by atoms with E-state index in [-0.39, 0.29) is 4.90 Å². The molecule has 0 atom stereocenters. The van der Waals surface area contributed by atoms with Gasteiger partial charge in [-0.3, -0.25) is 14.9 Å². The van der Waals surface area contributed by atoms with Crippen LogP contribution >= 0.6 is 0 Å². The highest BCUT2D eigenvalue weighted by Gasteiger charge is 2.23. The van der Waals surface area contributed by atoms with Gasteiger partial charge in [0, 0.05) is 7.05 Å². The quantitative estimate of drug-likeness (QED) is 0.659. The van der Waals surface area contributed by atoms with Crippen molar-refractivity contribution in [1.82, 2.24) is 9.62 Å². The molecule has 1 aromatic carbocycles. The Balaban J connectivity index is 2.62. The third-order valence-corrected chi connectivity index (χ3v) is 4.53. The first kappa shape index (κ1) is 18.6. The van der Waals surface area contributed by atoms with Crippen molar-refractivity contribution >= 4 is 27.9 Å². The minimum Gasteiger partial charge on any atom is -0.455 e. The van der Waals surface area contributed by atoms with Crippen LogP contribution in [0.5, 0.6) is 0 Å². The lowest BCUT2D eigenvalue weighted by molar-refractivity contribution is -0.148. The van der Waals surface area contributed by atoms with E-state index in [1.165, 1.54) is 19.2 Å². The second kappa shape index (κ2) is 7.70. The van der Waals surface area contributed by atoms with Crippen molar-refractivity contribution in [3.63, 3.8) is 0 Å². The number of urea groups is 1. The van der Waals surface area contributed by atoms with Gasteiger partial charge in [0.1, 0.15) is 6.54 Å². The van der Waals surface area contributed by atoms with Gasteiger partial charge in [0.25, 0.3) is 5.91 Å². The average molecular weight is 343 g/mol. The number of likely N-dealkylation sites (N-methyl/N-ethyl adjacent to an activating group) is 1. The Hall–Kier alpha value is -2.46. The lowest BCUT2D eigenvalue weighted by Crippen LogP contribution is -2.39. The van der Waals surface area contributed by atoms with E-state index < -0.39 is 41.1 Å². The van der Waals surface area contributed by atoms with Gasteiger partial charge in [0.15, 0.2) is 6.61 Å². The minimum absolute atomic E-state index is 0.0323. The minimum atomic E-state index is -3.85. The van der Waals surface area contributed by atoms with E-state index in [2.05, 4.69) is 4.74 Å². The van der Waals surface area contributed by atoms with Crippen LogP contribution in [0.4, 0.5) is 4.79 Å². The summed E-state index contributed by atoms with van der Waals surface area (Å²) in [5, 5.41) is 1.70. The summed E-state index contributed by atoms with van der Waals surface area (Å²) in [6.45, 7) is 0.495.